The van der Waals surface area contributed by atoms with Crippen molar-refractivity contribution in [2.75, 3.05) is 0 Å². The third kappa shape index (κ3) is 3.22. The number of Topliss-reactive ketones (excluding diaryl/α,β-unsaturated/α-hetero) is 1. The van der Waals surface area contributed by atoms with E-state index < -0.39 is 0 Å². The molecule has 0 radical (unpaired) electrons. The summed E-state index contributed by atoms with van der Waals surface area (Å²) in [5.41, 5.74) is 2.52. The van der Waals surface area contributed by atoms with Crippen LogP contribution in [0.25, 0.3) is 0 Å². The molecule has 98 valence electrons. The van der Waals surface area contributed by atoms with Gasteiger partial charge in [-0.25, -0.2) is 0 Å². The lowest BCUT2D eigenvalue weighted by molar-refractivity contribution is -0.122. The van der Waals surface area contributed by atoms with E-state index in [1.54, 1.807) is 0 Å². The molecule has 2 unspecified atom stereocenters. The summed E-state index contributed by atoms with van der Waals surface area (Å²) in [6.07, 6.45) is 6.42. The molecule has 0 amide bonds. The molecule has 2 atom stereocenters. The highest BCUT2D eigenvalue weighted by Gasteiger charge is 2.28. The van der Waals surface area contributed by atoms with Crippen LogP contribution in [0.3, 0.4) is 0 Å². The van der Waals surface area contributed by atoms with Gasteiger partial charge in [0.15, 0.2) is 0 Å². The Morgan fingerprint density at radius 2 is 1.78 bits per heavy atom. The van der Waals surface area contributed by atoms with E-state index in [0.717, 1.165) is 25.2 Å². The highest BCUT2D eigenvalue weighted by Crippen LogP contribution is 2.33. The first-order chi connectivity index (χ1) is 8.72. The Labute approximate surface area is 111 Å². The van der Waals surface area contributed by atoms with Crippen LogP contribution in [0.4, 0.5) is 0 Å². The number of hydrogen-bond donors (Lipinski definition) is 0. The smallest absolute Gasteiger partial charge is 0.140 e. The fourth-order valence-corrected chi connectivity index (χ4v) is 2.98. The number of hydrogen-bond acceptors (Lipinski definition) is 1. The quantitative estimate of drug-likeness (QED) is 0.759. The van der Waals surface area contributed by atoms with Gasteiger partial charge < -0.3 is 0 Å². The molecule has 18 heavy (non-hydrogen) atoms. The number of aryl methyl sites for hydroxylation is 1. The van der Waals surface area contributed by atoms with E-state index in [0.29, 0.717) is 18.1 Å². The van der Waals surface area contributed by atoms with Crippen molar-refractivity contribution in [3.63, 3.8) is 0 Å². The molecule has 0 heterocycles. The van der Waals surface area contributed by atoms with Crippen molar-refractivity contribution in [3.8, 4) is 0 Å². The molecule has 0 saturated heterocycles. The predicted octanol–water partition coefficient (Wildman–Crippen LogP) is 4.19. The Morgan fingerprint density at radius 3 is 2.33 bits per heavy atom. The Bertz CT molecular complexity index is 391. The van der Waals surface area contributed by atoms with Gasteiger partial charge in [0.05, 0.1) is 0 Å². The Balaban J connectivity index is 1.90. The largest absolute Gasteiger partial charge is 0.299 e. The summed E-state index contributed by atoms with van der Waals surface area (Å²) in [5, 5.41) is 0. The van der Waals surface area contributed by atoms with E-state index in [4.69, 9.17) is 0 Å². The summed E-state index contributed by atoms with van der Waals surface area (Å²) in [7, 11) is 0. The SMILES string of the molecule is CCc1ccc(CC(=O)C2CCC(CC)C2)cc1. The van der Waals surface area contributed by atoms with Gasteiger partial charge >= 0.3 is 0 Å². The van der Waals surface area contributed by atoms with Crippen LogP contribution in [0.1, 0.15) is 50.7 Å². The van der Waals surface area contributed by atoms with Crippen LogP contribution in [0.5, 0.6) is 0 Å². The van der Waals surface area contributed by atoms with Gasteiger partial charge in [-0.05, 0) is 42.7 Å². The number of carbonyl (C=O) groups is 1. The lowest BCUT2D eigenvalue weighted by Crippen LogP contribution is -2.14. The van der Waals surface area contributed by atoms with Gasteiger partial charge in [-0.15, -0.1) is 0 Å². The first kappa shape index (κ1) is 13.3. The van der Waals surface area contributed by atoms with E-state index in [9.17, 15) is 4.79 Å². The lowest BCUT2D eigenvalue weighted by atomic mass is 9.94. The summed E-state index contributed by atoms with van der Waals surface area (Å²) in [5.74, 6) is 1.58. The average molecular weight is 244 g/mol. The van der Waals surface area contributed by atoms with Gasteiger partial charge in [-0.3, -0.25) is 4.79 Å². The number of rotatable bonds is 5. The topological polar surface area (TPSA) is 17.1 Å². The van der Waals surface area contributed by atoms with Crippen molar-refractivity contribution < 1.29 is 4.79 Å². The van der Waals surface area contributed by atoms with Crippen LogP contribution in [0.2, 0.25) is 0 Å². The maximum atomic E-state index is 12.2. The molecular formula is C17H24O. The van der Waals surface area contributed by atoms with Crippen LogP contribution in [-0.4, -0.2) is 5.78 Å². The summed E-state index contributed by atoms with van der Waals surface area (Å²) in [4.78, 5) is 12.2. The zero-order chi connectivity index (χ0) is 13.0. The summed E-state index contributed by atoms with van der Waals surface area (Å²) < 4.78 is 0. The molecule has 1 heteroatoms. The highest BCUT2D eigenvalue weighted by atomic mass is 16.1. The van der Waals surface area contributed by atoms with Gasteiger partial charge in [-0.2, -0.15) is 0 Å². The third-order valence-corrected chi connectivity index (χ3v) is 4.38. The molecular weight excluding hydrogens is 220 g/mol. The molecule has 1 aliphatic carbocycles. The molecule has 1 aliphatic rings. The van der Waals surface area contributed by atoms with Crippen LogP contribution < -0.4 is 0 Å². The molecule has 0 aliphatic heterocycles. The minimum Gasteiger partial charge on any atom is -0.299 e. The van der Waals surface area contributed by atoms with Crippen molar-refractivity contribution in [2.45, 2.75) is 52.4 Å². The van der Waals surface area contributed by atoms with Crippen LogP contribution in [0, 0.1) is 11.8 Å². The summed E-state index contributed by atoms with van der Waals surface area (Å²) in [6.45, 7) is 4.39. The Hall–Kier alpha value is -1.11. The normalized spacial score (nSPS) is 23.2. The third-order valence-electron chi connectivity index (χ3n) is 4.38. The van der Waals surface area contributed by atoms with Crippen LogP contribution in [-0.2, 0) is 17.6 Å². The van der Waals surface area contributed by atoms with E-state index in [1.807, 2.05) is 0 Å². The summed E-state index contributed by atoms with van der Waals surface area (Å²) >= 11 is 0. The molecule has 1 saturated carbocycles. The van der Waals surface area contributed by atoms with Crippen molar-refractivity contribution in [1.29, 1.82) is 0 Å². The highest BCUT2D eigenvalue weighted by molar-refractivity contribution is 5.83. The zero-order valence-corrected chi connectivity index (χ0v) is 11.6. The molecule has 0 aromatic heterocycles. The minimum absolute atomic E-state index is 0.334. The standard InChI is InChI=1S/C17H24O/c1-3-13-5-7-15(8-6-13)12-17(18)16-10-9-14(4-2)11-16/h5-8,14,16H,3-4,9-12H2,1-2H3. The van der Waals surface area contributed by atoms with Crippen molar-refractivity contribution in [3.05, 3.63) is 35.4 Å². The van der Waals surface area contributed by atoms with E-state index in [-0.39, 0.29) is 0 Å². The van der Waals surface area contributed by atoms with Gasteiger partial charge in [0.25, 0.3) is 0 Å². The second kappa shape index (κ2) is 6.17. The maximum Gasteiger partial charge on any atom is 0.140 e. The Kier molecular flexibility index (Phi) is 4.57. The van der Waals surface area contributed by atoms with Crippen molar-refractivity contribution in [1.82, 2.24) is 0 Å². The number of carbonyl (C=O) groups excluding carboxylic acids is 1. The molecule has 1 fully saturated rings. The molecule has 1 aromatic carbocycles. The molecule has 0 N–H and O–H groups in total. The van der Waals surface area contributed by atoms with Gasteiger partial charge in [0.1, 0.15) is 5.78 Å². The van der Waals surface area contributed by atoms with E-state index >= 15 is 0 Å². The number of ketones is 1. The average Bonchev–Trinajstić information content (AvgIpc) is 2.88. The molecule has 1 aromatic rings. The van der Waals surface area contributed by atoms with E-state index in [1.165, 1.54) is 24.0 Å². The lowest BCUT2D eigenvalue weighted by Gasteiger charge is -2.09. The van der Waals surface area contributed by atoms with Gasteiger partial charge in [0, 0.05) is 12.3 Å². The van der Waals surface area contributed by atoms with Gasteiger partial charge in [0.2, 0.25) is 0 Å². The van der Waals surface area contributed by atoms with Crippen LogP contribution in [0.15, 0.2) is 24.3 Å². The first-order valence-electron chi connectivity index (χ1n) is 7.33. The second-order valence-corrected chi connectivity index (χ2v) is 5.60. The van der Waals surface area contributed by atoms with Gasteiger partial charge in [-0.1, -0.05) is 44.5 Å². The molecule has 0 bridgehead atoms. The van der Waals surface area contributed by atoms with Crippen molar-refractivity contribution >= 4 is 5.78 Å². The second-order valence-electron chi connectivity index (χ2n) is 5.60. The minimum atomic E-state index is 0.334. The monoisotopic (exact) mass is 244 g/mol. The first-order valence-corrected chi connectivity index (χ1v) is 7.33. The van der Waals surface area contributed by atoms with Crippen molar-refractivity contribution in [2.24, 2.45) is 11.8 Å². The molecule has 0 spiro atoms. The number of benzene rings is 1. The van der Waals surface area contributed by atoms with Crippen LogP contribution >= 0.6 is 0 Å². The fraction of sp³-hybridized carbons (Fsp3) is 0.588. The fourth-order valence-electron chi connectivity index (χ4n) is 2.98. The molecule has 1 nitrogen and oxygen atoms in total. The molecule has 2 rings (SSSR count). The van der Waals surface area contributed by atoms with E-state index in [2.05, 4.69) is 38.1 Å². The maximum absolute atomic E-state index is 12.2. The zero-order valence-electron chi connectivity index (χ0n) is 11.6. The Morgan fingerprint density at radius 1 is 1.11 bits per heavy atom. The predicted molar refractivity (Wildman–Crippen MR) is 75.7 cm³/mol. The summed E-state index contributed by atoms with van der Waals surface area (Å²) in [6, 6.07) is 8.52.